The van der Waals surface area contributed by atoms with E-state index in [9.17, 15) is 14.7 Å². The van der Waals surface area contributed by atoms with E-state index in [0.29, 0.717) is 29.7 Å². The van der Waals surface area contributed by atoms with Crippen molar-refractivity contribution in [1.29, 1.82) is 5.26 Å². The van der Waals surface area contributed by atoms with Gasteiger partial charge >= 0.3 is 0 Å². The molecule has 0 radical (unpaired) electrons. The number of hydrogen-bond acceptors (Lipinski definition) is 6. The van der Waals surface area contributed by atoms with Crippen LogP contribution in [-0.2, 0) is 11.2 Å². The normalized spacial score (nSPS) is 18.5. The van der Waals surface area contributed by atoms with E-state index in [1.807, 2.05) is 26.0 Å². The van der Waals surface area contributed by atoms with Crippen molar-refractivity contribution in [2.75, 3.05) is 13.7 Å². The first-order chi connectivity index (χ1) is 15.6. The van der Waals surface area contributed by atoms with Crippen LogP contribution in [0.5, 0.6) is 5.75 Å². The van der Waals surface area contributed by atoms with Gasteiger partial charge in [-0.1, -0.05) is 26.0 Å². The van der Waals surface area contributed by atoms with Crippen molar-refractivity contribution >= 4 is 11.7 Å². The molecule has 3 rings (SSSR count). The summed E-state index contributed by atoms with van der Waals surface area (Å²) in [6.45, 7) is 5.48. The van der Waals surface area contributed by atoms with Gasteiger partial charge in [0.1, 0.15) is 5.75 Å². The van der Waals surface area contributed by atoms with Crippen LogP contribution in [0.2, 0.25) is 0 Å². The van der Waals surface area contributed by atoms with Crippen molar-refractivity contribution in [1.82, 2.24) is 10.6 Å². The molecule has 0 saturated heterocycles. The maximum absolute atomic E-state index is 12.9. The van der Waals surface area contributed by atoms with Crippen LogP contribution in [0.3, 0.4) is 0 Å². The van der Waals surface area contributed by atoms with Crippen molar-refractivity contribution in [3.8, 4) is 11.8 Å². The Kier molecular flexibility index (Phi) is 7.52. The SMILES string of the molecule is COc1ccc2c(c1)[C@@H](NC[C@H](O)[C@H](Cc1cccc(C#N)c1)NC(C)=O)CC(C)(C)C2=O. The van der Waals surface area contributed by atoms with Gasteiger partial charge < -0.3 is 20.5 Å². The van der Waals surface area contributed by atoms with Crippen LogP contribution in [0.4, 0.5) is 0 Å². The number of nitrogens with zero attached hydrogens (tertiary/aromatic N) is 1. The number of aliphatic hydroxyl groups excluding tert-OH is 1. The monoisotopic (exact) mass is 449 g/mol. The van der Waals surface area contributed by atoms with E-state index in [2.05, 4.69) is 16.7 Å². The molecule has 1 amide bonds. The molecule has 0 aliphatic heterocycles. The van der Waals surface area contributed by atoms with Gasteiger partial charge in [-0.15, -0.1) is 0 Å². The fourth-order valence-electron chi connectivity index (χ4n) is 4.39. The maximum Gasteiger partial charge on any atom is 0.217 e. The van der Waals surface area contributed by atoms with Gasteiger partial charge in [-0.3, -0.25) is 9.59 Å². The Morgan fingerprint density at radius 3 is 2.73 bits per heavy atom. The zero-order valence-electron chi connectivity index (χ0n) is 19.5. The number of ether oxygens (including phenoxy) is 1. The van der Waals surface area contributed by atoms with Gasteiger partial charge in [-0.25, -0.2) is 0 Å². The predicted molar refractivity (Wildman–Crippen MR) is 125 cm³/mol. The quantitative estimate of drug-likeness (QED) is 0.571. The summed E-state index contributed by atoms with van der Waals surface area (Å²) in [7, 11) is 1.59. The van der Waals surface area contributed by atoms with Crippen LogP contribution in [-0.4, -0.2) is 42.6 Å². The largest absolute Gasteiger partial charge is 0.497 e. The second-order valence-corrected chi connectivity index (χ2v) is 9.22. The molecular weight excluding hydrogens is 418 g/mol. The molecule has 0 spiro atoms. The zero-order valence-corrected chi connectivity index (χ0v) is 19.5. The van der Waals surface area contributed by atoms with Crippen LogP contribution < -0.4 is 15.4 Å². The molecule has 0 aromatic heterocycles. The number of nitrogens with one attached hydrogen (secondary N) is 2. The highest BCUT2D eigenvalue weighted by Gasteiger charge is 2.39. The fourth-order valence-corrected chi connectivity index (χ4v) is 4.39. The number of ketones is 1. The van der Waals surface area contributed by atoms with E-state index in [4.69, 9.17) is 10.00 Å². The molecule has 174 valence electrons. The summed E-state index contributed by atoms with van der Waals surface area (Å²) in [6, 6.07) is 14.0. The summed E-state index contributed by atoms with van der Waals surface area (Å²) in [5.41, 5.74) is 2.35. The summed E-state index contributed by atoms with van der Waals surface area (Å²) in [5, 5.41) is 26.4. The van der Waals surface area contributed by atoms with E-state index < -0.39 is 17.6 Å². The highest BCUT2D eigenvalue weighted by molar-refractivity contribution is 6.02. The highest BCUT2D eigenvalue weighted by Crippen LogP contribution is 2.41. The number of amides is 1. The third-order valence-electron chi connectivity index (χ3n) is 6.15. The lowest BCUT2D eigenvalue weighted by atomic mass is 9.71. The Balaban J connectivity index is 1.78. The average Bonchev–Trinajstić information content (AvgIpc) is 2.79. The van der Waals surface area contributed by atoms with Gasteiger partial charge in [-0.05, 0) is 54.3 Å². The van der Waals surface area contributed by atoms with Gasteiger partial charge in [-0.2, -0.15) is 5.26 Å². The lowest BCUT2D eigenvalue weighted by molar-refractivity contribution is -0.120. The Morgan fingerprint density at radius 1 is 1.30 bits per heavy atom. The standard InChI is InChI=1S/C26H31N3O4/c1-16(30)29-22(11-17-6-5-7-18(10-17)14-27)24(31)15-28-23-13-26(2,3)25(32)20-9-8-19(33-4)12-21(20)23/h5-10,12,22-24,28,31H,11,13,15H2,1-4H3,(H,29,30)/t22-,23-,24-/m0/s1. The van der Waals surface area contributed by atoms with Crippen molar-refractivity contribution in [2.45, 2.75) is 51.8 Å². The van der Waals surface area contributed by atoms with Gasteiger partial charge in [0, 0.05) is 30.5 Å². The molecule has 3 atom stereocenters. The molecule has 0 unspecified atom stereocenters. The molecule has 7 heteroatoms. The minimum Gasteiger partial charge on any atom is -0.497 e. The Morgan fingerprint density at radius 2 is 2.06 bits per heavy atom. The number of carbonyl (C=O) groups excluding carboxylic acids is 2. The average molecular weight is 450 g/mol. The van der Waals surface area contributed by atoms with E-state index in [1.165, 1.54) is 6.92 Å². The van der Waals surface area contributed by atoms with E-state index in [0.717, 1.165) is 11.1 Å². The van der Waals surface area contributed by atoms with Crippen molar-refractivity contribution in [2.24, 2.45) is 5.41 Å². The molecule has 1 aliphatic rings. The predicted octanol–water partition coefficient (Wildman–Crippen LogP) is 2.92. The van der Waals surface area contributed by atoms with Gasteiger partial charge in [0.25, 0.3) is 0 Å². The van der Waals surface area contributed by atoms with Crippen molar-refractivity contribution in [3.63, 3.8) is 0 Å². The second kappa shape index (κ2) is 10.2. The van der Waals surface area contributed by atoms with Crippen LogP contribution in [0, 0.1) is 16.7 Å². The van der Waals surface area contributed by atoms with E-state index in [-0.39, 0.29) is 24.3 Å². The molecule has 33 heavy (non-hydrogen) atoms. The molecule has 2 aromatic carbocycles. The fraction of sp³-hybridized carbons (Fsp3) is 0.423. The molecule has 1 aliphatic carbocycles. The first kappa shape index (κ1) is 24.4. The summed E-state index contributed by atoms with van der Waals surface area (Å²) < 4.78 is 5.35. The Bertz CT molecular complexity index is 1070. The van der Waals surface area contributed by atoms with Crippen LogP contribution in [0.25, 0.3) is 0 Å². The number of nitriles is 1. The minimum absolute atomic E-state index is 0.0900. The summed E-state index contributed by atoms with van der Waals surface area (Å²) in [4.78, 5) is 24.7. The van der Waals surface area contributed by atoms with Gasteiger partial charge in [0.2, 0.25) is 5.91 Å². The minimum atomic E-state index is -0.880. The second-order valence-electron chi connectivity index (χ2n) is 9.22. The topological polar surface area (TPSA) is 111 Å². The lowest BCUT2D eigenvalue weighted by Gasteiger charge is -2.37. The highest BCUT2D eigenvalue weighted by atomic mass is 16.5. The molecule has 0 fully saturated rings. The first-order valence-corrected chi connectivity index (χ1v) is 11.0. The van der Waals surface area contributed by atoms with Crippen LogP contribution in [0.15, 0.2) is 42.5 Å². The number of carbonyl (C=O) groups is 2. The summed E-state index contributed by atoms with van der Waals surface area (Å²) >= 11 is 0. The Hall–Kier alpha value is -3.21. The molecule has 2 aromatic rings. The smallest absolute Gasteiger partial charge is 0.217 e. The molecule has 0 bridgehead atoms. The first-order valence-electron chi connectivity index (χ1n) is 11.0. The maximum atomic E-state index is 12.9. The molecule has 0 saturated carbocycles. The third kappa shape index (κ3) is 5.78. The molecular formula is C26H31N3O4. The zero-order chi connectivity index (χ0) is 24.2. The number of aliphatic hydroxyl groups is 1. The summed E-state index contributed by atoms with van der Waals surface area (Å²) in [6.07, 6.45) is 0.0829. The number of methoxy groups -OCH3 is 1. The Labute approximate surface area is 194 Å². The van der Waals surface area contributed by atoms with Crippen molar-refractivity contribution in [3.05, 3.63) is 64.7 Å². The van der Waals surface area contributed by atoms with Crippen molar-refractivity contribution < 1.29 is 19.4 Å². The third-order valence-corrected chi connectivity index (χ3v) is 6.15. The molecule has 7 nitrogen and oxygen atoms in total. The van der Waals surface area contributed by atoms with Crippen LogP contribution in [0.1, 0.15) is 60.3 Å². The molecule has 3 N–H and O–H groups in total. The number of hydrogen-bond donors (Lipinski definition) is 3. The lowest BCUT2D eigenvalue weighted by Crippen LogP contribution is -2.49. The molecule has 0 heterocycles. The number of benzene rings is 2. The number of rotatable bonds is 8. The van der Waals surface area contributed by atoms with E-state index in [1.54, 1.807) is 37.4 Å². The van der Waals surface area contributed by atoms with Gasteiger partial charge in [0.15, 0.2) is 5.78 Å². The summed E-state index contributed by atoms with van der Waals surface area (Å²) in [5.74, 6) is 0.518. The van der Waals surface area contributed by atoms with E-state index >= 15 is 0 Å². The number of fused-ring (bicyclic) bond motifs is 1. The number of Topliss-reactive ketones (excluding diaryl/α,β-unsaturated/α-hetero) is 1. The van der Waals surface area contributed by atoms with Crippen LogP contribution >= 0.6 is 0 Å². The van der Waals surface area contributed by atoms with Gasteiger partial charge in [0.05, 0.1) is 30.9 Å².